The lowest BCUT2D eigenvalue weighted by Gasteiger charge is -2.19. The Morgan fingerprint density at radius 1 is 0.313 bits per heavy atom. The third-order valence-electron chi connectivity index (χ3n) is 18.6. The van der Waals surface area contributed by atoms with E-state index in [4.69, 9.17) is 24.3 Å². The van der Waals surface area contributed by atoms with Gasteiger partial charge in [-0.3, -0.25) is 18.6 Å². The number of rotatable bonds is 80. The number of hydrogen-bond acceptors (Lipinski definition) is 8. The summed E-state index contributed by atoms with van der Waals surface area (Å²) < 4.78 is 33.3. The topological polar surface area (TPSA) is 134 Å². The standard InChI is InChI=1S/C89H160NO8P/c1-3-5-7-9-11-13-15-17-19-21-23-25-27-29-31-33-35-37-39-41-42-43-44-46-48-50-52-54-56-58-60-62-64-66-68-70-72-74-76-78-80-82-89(92)98-87(86-97-99(93,94)96-84-83-90)85-95-88(91)81-79-77-75-73-71-69-67-65-63-61-59-57-55-53-51-49-47-45-40-38-36-34-32-30-28-26-24-22-20-18-16-14-12-10-8-6-4-2/h5,7,11,13,16-19,22-25,29,31,35,37,41-42,87H,3-4,6,8-10,12,14-15,20-21,26-28,30,32-34,36,38-40,43-86,90H2,1-2H3,(H,93,94)/b7-5-,13-11-,18-16-,19-17-,24-22-,25-23-,31-29-,37-35-,42-41-. The van der Waals surface area contributed by atoms with Crippen molar-refractivity contribution in [3.8, 4) is 0 Å². The highest BCUT2D eigenvalue weighted by Crippen LogP contribution is 2.43. The molecule has 0 aromatic rings. The van der Waals surface area contributed by atoms with Crippen LogP contribution in [0.5, 0.6) is 0 Å². The van der Waals surface area contributed by atoms with Crippen molar-refractivity contribution in [2.75, 3.05) is 26.4 Å². The van der Waals surface area contributed by atoms with Crippen molar-refractivity contribution in [3.63, 3.8) is 0 Å². The van der Waals surface area contributed by atoms with Gasteiger partial charge >= 0.3 is 19.8 Å². The Labute approximate surface area is 613 Å². The van der Waals surface area contributed by atoms with Gasteiger partial charge in [0.25, 0.3) is 0 Å². The van der Waals surface area contributed by atoms with Gasteiger partial charge in [0.15, 0.2) is 6.10 Å². The molecule has 0 spiro atoms. The van der Waals surface area contributed by atoms with Crippen LogP contribution in [0.2, 0.25) is 0 Å². The fourth-order valence-electron chi connectivity index (χ4n) is 12.4. The summed E-state index contributed by atoms with van der Waals surface area (Å²) in [5.74, 6) is -0.808. The van der Waals surface area contributed by atoms with E-state index in [0.29, 0.717) is 6.42 Å². The summed E-state index contributed by atoms with van der Waals surface area (Å²) in [4.78, 5) is 35.5. The Kier molecular flexibility index (Phi) is 80.8. The van der Waals surface area contributed by atoms with E-state index >= 15 is 0 Å². The summed E-state index contributed by atoms with van der Waals surface area (Å²) in [5, 5.41) is 0. The predicted molar refractivity (Wildman–Crippen MR) is 431 cm³/mol. The van der Waals surface area contributed by atoms with Gasteiger partial charge in [0, 0.05) is 19.4 Å². The van der Waals surface area contributed by atoms with Crippen LogP contribution in [0.25, 0.3) is 0 Å². The number of phosphoric ester groups is 1. The lowest BCUT2D eigenvalue weighted by molar-refractivity contribution is -0.161. The summed E-state index contributed by atoms with van der Waals surface area (Å²) in [7, 11) is -4.40. The quantitative estimate of drug-likeness (QED) is 0.0264. The molecule has 10 heteroatoms. The summed E-state index contributed by atoms with van der Waals surface area (Å²) >= 11 is 0. The van der Waals surface area contributed by atoms with Crippen molar-refractivity contribution in [1.82, 2.24) is 0 Å². The zero-order valence-corrected chi connectivity index (χ0v) is 65.9. The van der Waals surface area contributed by atoms with Crippen molar-refractivity contribution >= 4 is 19.8 Å². The molecule has 574 valence electrons. The van der Waals surface area contributed by atoms with Crippen LogP contribution < -0.4 is 5.73 Å². The van der Waals surface area contributed by atoms with E-state index in [9.17, 15) is 19.0 Å². The van der Waals surface area contributed by atoms with E-state index in [1.807, 2.05) is 0 Å². The minimum Gasteiger partial charge on any atom is -0.462 e. The fourth-order valence-corrected chi connectivity index (χ4v) is 13.2. The van der Waals surface area contributed by atoms with Gasteiger partial charge in [-0.05, 0) is 103 Å². The van der Waals surface area contributed by atoms with Crippen molar-refractivity contribution in [1.29, 1.82) is 0 Å². The normalized spacial score (nSPS) is 13.4. The zero-order chi connectivity index (χ0) is 71.5. The first-order chi connectivity index (χ1) is 48.8. The average molecular weight is 1400 g/mol. The predicted octanol–water partition coefficient (Wildman–Crippen LogP) is 28.8. The molecule has 0 aliphatic carbocycles. The highest BCUT2D eigenvalue weighted by atomic mass is 31.2. The van der Waals surface area contributed by atoms with Crippen LogP contribution in [-0.2, 0) is 32.7 Å². The number of esters is 2. The second-order valence-electron chi connectivity index (χ2n) is 28.3. The van der Waals surface area contributed by atoms with Crippen molar-refractivity contribution in [3.05, 3.63) is 109 Å². The SMILES string of the molecule is CC/C=C\C/C=C\C/C=C\C/C=C\C/C=C\C/C=C\C/C=C\CCCCCCCCCCCCCCCCCCCCCC(=O)OC(COC(=O)CCCCCCCCCCCCCCCCCCCCCCCCCCC/C=C\C/C=C\CCCCCCC)COP(=O)(O)OCCN. The first-order valence-corrected chi connectivity index (χ1v) is 43.9. The van der Waals surface area contributed by atoms with Gasteiger partial charge in [0.1, 0.15) is 6.61 Å². The van der Waals surface area contributed by atoms with Crippen molar-refractivity contribution in [2.24, 2.45) is 5.73 Å². The smallest absolute Gasteiger partial charge is 0.462 e. The molecule has 2 unspecified atom stereocenters. The molecule has 3 N–H and O–H groups in total. The molecule has 0 amide bonds. The molecule has 0 aromatic heterocycles. The van der Waals surface area contributed by atoms with E-state index < -0.39 is 26.5 Å². The minimum absolute atomic E-state index is 0.0532. The molecule has 0 bridgehead atoms. The van der Waals surface area contributed by atoms with Crippen molar-refractivity contribution in [2.45, 2.75) is 418 Å². The molecule has 0 fully saturated rings. The molecule has 0 radical (unpaired) electrons. The number of phosphoric acid groups is 1. The molecule has 0 aliphatic rings. The van der Waals surface area contributed by atoms with Crippen LogP contribution in [0, 0.1) is 0 Å². The van der Waals surface area contributed by atoms with Crippen LogP contribution in [0.3, 0.4) is 0 Å². The maximum Gasteiger partial charge on any atom is 0.472 e. The van der Waals surface area contributed by atoms with Crippen LogP contribution in [-0.4, -0.2) is 49.3 Å². The number of hydrogen-bond donors (Lipinski definition) is 2. The van der Waals surface area contributed by atoms with Crippen LogP contribution in [0.1, 0.15) is 412 Å². The van der Waals surface area contributed by atoms with Gasteiger partial charge in [-0.25, -0.2) is 4.57 Å². The van der Waals surface area contributed by atoms with Gasteiger partial charge in [0.05, 0.1) is 13.2 Å². The van der Waals surface area contributed by atoms with Crippen LogP contribution in [0.4, 0.5) is 0 Å². The van der Waals surface area contributed by atoms with E-state index in [1.165, 1.54) is 289 Å². The average Bonchev–Trinajstić information content (AvgIpc) is 1.19. The monoisotopic (exact) mass is 1400 g/mol. The molecule has 0 rings (SSSR count). The highest BCUT2D eigenvalue weighted by molar-refractivity contribution is 7.47. The van der Waals surface area contributed by atoms with Crippen molar-refractivity contribution < 1.29 is 37.6 Å². The van der Waals surface area contributed by atoms with Gasteiger partial charge in [-0.2, -0.15) is 0 Å². The molecular formula is C89H160NO8P. The third-order valence-corrected chi connectivity index (χ3v) is 19.6. The number of carbonyl (C=O) groups is 2. The largest absolute Gasteiger partial charge is 0.472 e. The maximum atomic E-state index is 12.8. The fraction of sp³-hybridized carbons (Fsp3) is 0.775. The molecule has 0 heterocycles. The van der Waals surface area contributed by atoms with E-state index in [1.54, 1.807) is 0 Å². The number of nitrogens with two attached hydrogens (primary N) is 1. The molecule has 9 nitrogen and oxygen atoms in total. The Balaban J connectivity index is 3.76. The van der Waals surface area contributed by atoms with Gasteiger partial charge in [0.2, 0.25) is 0 Å². The molecule has 0 saturated carbocycles. The molecule has 0 saturated heterocycles. The van der Waals surface area contributed by atoms with E-state index in [-0.39, 0.29) is 38.6 Å². The first kappa shape index (κ1) is 95.7. The zero-order valence-electron chi connectivity index (χ0n) is 65.0. The second kappa shape index (κ2) is 83.6. The van der Waals surface area contributed by atoms with Crippen LogP contribution >= 0.6 is 7.82 Å². The number of allylic oxidation sites excluding steroid dienone is 18. The maximum absolute atomic E-state index is 12.8. The Morgan fingerprint density at radius 2 is 0.556 bits per heavy atom. The van der Waals surface area contributed by atoms with Gasteiger partial charge < -0.3 is 20.1 Å². The molecule has 99 heavy (non-hydrogen) atoms. The third kappa shape index (κ3) is 83.5. The summed E-state index contributed by atoms with van der Waals surface area (Å²) in [6, 6.07) is 0. The molecule has 0 aliphatic heterocycles. The molecular weight excluding hydrogens is 1240 g/mol. The Hall–Kier alpha value is -3.33. The summed E-state index contributed by atoms with van der Waals surface area (Å²) in [6.07, 6.45) is 117. The Morgan fingerprint density at radius 3 is 0.828 bits per heavy atom. The van der Waals surface area contributed by atoms with E-state index in [2.05, 4.69) is 123 Å². The molecule has 2 atom stereocenters. The number of ether oxygens (including phenoxy) is 2. The minimum atomic E-state index is -4.40. The lowest BCUT2D eigenvalue weighted by Crippen LogP contribution is -2.29. The van der Waals surface area contributed by atoms with Crippen LogP contribution in [0.15, 0.2) is 109 Å². The Bertz CT molecular complexity index is 2000. The highest BCUT2D eigenvalue weighted by Gasteiger charge is 2.26. The summed E-state index contributed by atoms with van der Waals surface area (Å²) in [6.45, 7) is 3.68. The van der Waals surface area contributed by atoms with Gasteiger partial charge in [-0.15, -0.1) is 0 Å². The summed E-state index contributed by atoms with van der Waals surface area (Å²) in [5.41, 5.74) is 5.42. The van der Waals surface area contributed by atoms with E-state index in [0.717, 1.165) is 89.9 Å². The molecule has 0 aromatic carbocycles. The lowest BCUT2D eigenvalue weighted by atomic mass is 10.0. The van der Waals surface area contributed by atoms with Gasteiger partial charge in [-0.1, -0.05) is 406 Å². The first-order valence-electron chi connectivity index (χ1n) is 42.4. The second-order valence-corrected chi connectivity index (χ2v) is 29.8. The number of unbranched alkanes of at least 4 members (excludes halogenated alkanes) is 49. The number of carbonyl (C=O) groups excluding carboxylic acids is 2.